The number of sulfonamides is 1. The van der Waals surface area contributed by atoms with E-state index in [2.05, 4.69) is 4.57 Å². The van der Waals surface area contributed by atoms with Crippen LogP contribution in [0.3, 0.4) is 0 Å². The third-order valence-corrected chi connectivity index (χ3v) is 7.76. The van der Waals surface area contributed by atoms with E-state index >= 15 is 0 Å². The molecule has 29 heavy (non-hydrogen) atoms. The van der Waals surface area contributed by atoms with E-state index in [-0.39, 0.29) is 26.9 Å². The van der Waals surface area contributed by atoms with Crippen molar-refractivity contribution in [3.8, 4) is 11.3 Å². The number of aromatic nitrogens is 1. The van der Waals surface area contributed by atoms with Crippen molar-refractivity contribution in [2.45, 2.75) is 23.8 Å². The maximum atomic E-state index is 12.6. The quantitative estimate of drug-likeness (QED) is 0.466. The van der Waals surface area contributed by atoms with Gasteiger partial charge in [-0.2, -0.15) is 0 Å². The molecule has 0 amide bonds. The van der Waals surface area contributed by atoms with Gasteiger partial charge in [-0.25, -0.2) is 17.7 Å². The fourth-order valence-corrected chi connectivity index (χ4v) is 5.35. The van der Waals surface area contributed by atoms with Crippen LogP contribution in [0.1, 0.15) is 18.9 Å². The number of thiazole rings is 1. The molecule has 1 heterocycles. The Morgan fingerprint density at radius 2 is 1.83 bits per heavy atom. The van der Waals surface area contributed by atoms with E-state index in [1.807, 2.05) is 41.8 Å². The van der Waals surface area contributed by atoms with Crippen LogP contribution in [0.5, 0.6) is 0 Å². The fraction of sp³-hybridized carbons (Fsp3) is 0.250. The average molecular weight is 515 g/mol. The maximum Gasteiger partial charge on any atom is 0.244 e. The molecule has 0 atom stereocenters. The van der Waals surface area contributed by atoms with Crippen LogP contribution < -0.4 is 4.80 Å². The smallest absolute Gasteiger partial charge is 0.244 e. The molecule has 1 saturated carbocycles. The second-order valence-corrected chi connectivity index (χ2v) is 10.2. The lowest BCUT2D eigenvalue weighted by Gasteiger charge is -2.14. The van der Waals surface area contributed by atoms with Crippen molar-refractivity contribution in [2.75, 3.05) is 14.1 Å². The third-order valence-electron chi connectivity index (χ3n) is 4.62. The minimum Gasteiger partial charge on any atom is -0.313 e. The first-order chi connectivity index (χ1) is 13.4. The Morgan fingerprint density at radius 1 is 1.14 bits per heavy atom. The van der Waals surface area contributed by atoms with Gasteiger partial charge in [0.05, 0.1) is 16.4 Å². The monoisotopic (exact) mass is 513 g/mol. The number of hydrogen-bond donors (Lipinski definition) is 0. The van der Waals surface area contributed by atoms with Gasteiger partial charge in [-0.3, -0.25) is 0 Å². The van der Waals surface area contributed by atoms with E-state index in [0.29, 0.717) is 6.04 Å². The van der Waals surface area contributed by atoms with Crippen molar-refractivity contribution in [1.82, 2.24) is 8.87 Å². The molecule has 5 nitrogen and oxygen atoms in total. The largest absolute Gasteiger partial charge is 0.313 e. The summed E-state index contributed by atoms with van der Waals surface area (Å²) in [6.45, 7) is 0. The summed E-state index contributed by atoms with van der Waals surface area (Å²) in [5.41, 5.74) is 2.69. The number of hydrogen-bond acceptors (Lipinski definition) is 4. The summed E-state index contributed by atoms with van der Waals surface area (Å²) >= 11 is 7.77. The number of rotatable bonds is 5. The summed E-state index contributed by atoms with van der Waals surface area (Å²) in [6.07, 6.45) is 2.20. The number of para-hydroxylation sites is 1. The summed E-state index contributed by atoms with van der Waals surface area (Å²) in [4.78, 5) is 5.82. The maximum absolute atomic E-state index is 12.6. The third kappa shape index (κ3) is 4.51. The van der Waals surface area contributed by atoms with Crippen molar-refractivity contribution in [1.29, 1.82) is 0 Å². The van der Waals surface area contributed by atoms with E-state index in [1.54, 1.807) is 23.5 Å². The molecule has 1 fully saturated rings. The number of halogens is 2. The topological polar surface area (TPSA) is 54.7 Å². The molecule has 1 aliphatic rings. The predicted molar refractivity (Wildman–Crippen MR) is 124 cm³/mol. The van der Waals surface area contributed by atoms with Crippen LogP contribution in [0.15, 0.2) is 63.8 Å². The fourth-order valence-electron chi connectivity index (χ4n) is 2.97. The lowest BCUT2D eigenvalue weighted by Crippen LogP contribution is -2.22. The van der Waals surface area contributed by atoms with Gasteiger partial charge in [-0.1, -0.05) is 35.9 Å². The van der Waals surface area contributed by atoms with Gasteiger partial charge < -0.3 is 4.57 Å². The first-order valence-corrected chi connectivity index (χ1v) is 11.6. The Morgan fingerprint density at radius 3 is 2.45 bits per heavy atom. The highest BCUT2D eigenvalue weighted by molar-refractivity contribution is 8.93. The highest BCUT2D eigenvalue weighted by atomic mass is 79.9. The zero-order valence-electron chi connectivity index (χ0n) is 15.9. The van der Waals surface area contributed by atoms with Crippen molar-refractivity contribution >= 4 is 55.6 Å². The van der Waals surface area contributed by atoms with Gasteiger partial charge in [0, 0.05) is 31.1 Å². The van der Waals surface area contributed by atoms with Crippen LogP contribution in [0.2, 0.25) is 5.02 Å². The van der Waals surface area contributed by atoms with Crippen molar-refractivity contribution in [3.63, 3.8) is 0 Å². The molecule has 0 aliphatic heterocycles. The molecular weight excluding hydrogens is 494 g/mol. The molecule has 3 aromatic rings. The van der Waals surface area contributed by atoms with Crippen LogP contribution in [0.25, 0.3) is 11.3 Å². The number of benzene rings is 2. The summed E-state index contributed by atoms with van der Waals surface area (Å²) in [5.74, 6) is 0. The van der Waals surface area contributed by atoms with Gasteiger partial charge in [-0.05, 0) is 37.1 Å². The van der Waals surface area contributed by atoms with E-state index < -0.39 is 10.0 Å². The molecule has 0 saturated heterocycles. The predicted octanol–water partition coefficient (Wildman–Crippen LogP) is 5.27. The molecule has 1 aromatic heterocycles. The van der Waals surface area contributed by atoms with Gasteiger partial charge in [0.25, 0.3) is 0 Å². The van der Waals surface area contributed by atoms with Crippen LogP contribution in [0, 0.1) is 0 Å². The van der Waals surface area contributed by atoms with Crippen LogP contribution in [-0.2, 0) is 10.0 Å². The number of nitrogens with zero attached hydrogens (tertiary/aromatic N) is 3. The molecule has 0 N–H and O–H groups in total. The molecule has 4 rings (SSSR count). The first-order valence-electron chi connectivity index (χ1n) is 8.90. The zero-order chi connectivity index (χ0) is 19.9. The molecule has 2 aromatic carbocycles. The summed E-state index contributed by atoms with van der Waals surface area (Å²) in [6, 6.07) is 15.4. The zero-order valence-corrected chi connectivity index (χ0v) is 20.1. The standard InChI is InChI=1S/C20H20ClN3O2S2.BrH/c1-23(2)28(25,26)19-12-14(8-11-17(19)21)18-13-27-20(24(18)16-9-10-16)22-15-6-4-3-5-7-15;/h3-8,11-13,16H,9-10H2,1-2H3;1H. The Labute approximate surface area is 190 Å². The lowest BCUT2D eigenvalue weighted by molar-refractivity contribution is 0.521. The minimum atomic E-state index is -3.63. The van der Waals surface area contributed by atoms with Crippen LogP contribution in [-0.4, -0.2) is 31.4 Å². The van der Waals surface area contributed by atoms with Crippen molar-refractivity contribution in [3.05, 3.63) is 63.7 Å². The molecule has 0 radical (unpaired) electrons. The SMILES string of the molecule is Br.CN(C)S(=O)(=O)c1cc(-c2csc(=Nc3ccccc3)n2C2CC2)ccc1Cl. The Bertz CT molecular complexity index is 1180. The highest BCUT2D eigenvalue weighted by Gasteiger charge is 2.28. The van der Waals surface area contributed by atoms with Gasteiger partial charge in [-0.15, -0.1) is 28.3 Å². The molecular formula is C20H21BrClN3O2S2. The van der Waals surface area contributed by atoms with E-state index in [1.165, 1.54) is 18.4 Å². The van der Waals surface area contributed by atoms with Crippen molar-refractivity contribution < 1.29 is 8.42 Å². The summed E-state index contributed by atoms with van der Waals surface area (Å²) in [7, 11) is -0.617. The Kier molecular flexibility index (Phi) is 6.70. The van der Waals surface area contributed by atoms with Gasteiger partial charge in [0.2, 0.25) is 10.0 Å². The lowest BCUT2D eigenvalue weighted by atomic mass is 10.2. The average Bonchev–Trinajstić information content (AvgIpc) is 3.43. The van der Waals surface area contributed by atoms with Crippen LogP contribution >= 0.6 is 39.9 Å². The van der Waals surface area contributed by atoms with Gasteiger partial charge >= 0.3 is 0 Å². The van der Waals surface area contributed by atoms with Crippen molar-refractivity contribution in [2.24, 2.45) is 4.99 Å². The molecule has 0 spiro atoms. The molecule has 1 aliphatic carbocycles. The molecule has 9 heteroatoms. The molecule has 0 unspecified atom stereocenters. The second-order valence-electron chi connectivity index (χ2n) is 6.88. The van der Waals surface area contributed by atoms with Crippen LogP contribution in [0.4, 0.5) is 5.69 Å². The highest BCUT2D eigenvalue weighted by Crippen LogP contribution is 2.39. The first kappa shape index (κ1) is 22.2. The van der Waals surface area contributed by atoms with E-state index in [9.17, 15) is 8.42 Å². The Balaban J connectivity index is 0.00000240. The summed E-state index contributed by atoms with van der Waals surface area (Å²) in [5, 5.41) is 2.26. The Hall–Kier alpha value is -1.45. The minimum absolute atomic E-state index is 0. The normalized spacial score (nSPS) is 14.8. The summed E-state index contributed by atoms with van der Waals surface area (Å²) < 4.78 is 28.7. The second kappa shape index (κ2) is 8.73. The van der Waals surface area contributed by atoms with Gasteiger partial charge in [0.1, 0.15) is 4.90 Å². The van der Waals surface area contributed by atoms with E-state index in [0.717, 1.165) is 34.6 Å². The molecule has 154 valence electrons. The van der Waals surface area contributed by atoms with Gasteiger partial charge in [0.15, 0.2) is 4.80 Å². The molecule has 0 bridgehead atoms. The van der Waals surface area contributed by atoms with E-state index in [4.69, 9.17) is 16.6 Å².